The van der Waals surface area contributed by atoms with E-state index in [4.69, 9.17) is 5.11 Å². The van der Waals surface area contributed by atoms with Crippen molar-refractivity contribution in [3.63, 3.8) is 0 Å². The summed E-state index contributed by atoms with van der Waals surface area (Å²) in [7, 11) is 2.03. The van der Waals surface area contributed by atoms with E-state index in [1.807, 2.05) is 20.0 Å². The Bertz CT molecular complexity index is 343. The fraction of sp³-hybridized carbons (Fsp3) is 0.667. The third-order valence-electron chi connectivity index (χ3n) is 2.42. The van der Waals surface area contributed by atoms with E-state index >= 15 is 0 Å². The fourth-order valence-corrected chi connectivity index (χ4v) is 1.58. The maximum absolute atomic E-state index is 8.73. The summed E-state index contributed by atoms with van der Waals surface area (Å²) in [4.78, 5) is 10.8. The Morgan fingerprint density at radius 3 is 2.82 bits per heavy atom. The summed E-state index contributed by atoms with van der Waals surface area (Å²) in [5, 5.41) is 11.9. The van der Waals surface area contributed by atoms with Gasteiger partial charge in [-0.05, 0) is 19.8 Å². The van der Waals surface area contributed by atoms with Crippen molar-refractivity contribution in [3.8, 4) is 0 Å². The molecule has 0 saturated heterocycles. The molecule has 17 heavy (non-hydrogen) atoms. The molecule has 0 atom stereocenters. The summed E-state index contributed by atoms with van der Waals surface area (Å²) >= 11 is 0. The SMILES string of the molecule is CCCN(C)c1cc(NCCCO)nc(C)n1. The maximum Gasteiger partial charge on any atom is 0.134 e. The van der Waals surface area contributed by atoms with Crippen LogP contribution in [0.2, 0.25) is 0 Å². The molecule has 0 aliphatic rings. The Morgan fingerprint density at radius 1 is 1.41 bits per heavy atom. The third kappa shape index (κ3) is 4.56. The van der Waals surface area contributed by atoms with Crippen LogP contribution in [0.5, 0.6) is 0 Å². The van der Waals surface area contributed by atoms with Crippen LogP contribution in [0.4, 0.5) is 11.6 Å². The molecule has 5 nitrogen and oxygen atoms in total. The van der Waals surface area contributed by atoms with Gasteiger partial charge in [0.05, 0.1) is 0 Å². The molecule has 0 bridgehead atoms. The fourth-order valence-electron chi connectivity index (χ4n) is 1.58. The maximum atomic E-state index is 8.73. The molecule has 2 N–H and O–H groups in total. The summed E-state index contributed by atoms with van der Waals surface area (Å²) in [6.45, 7) is 5.93. The smallest absolute Gasteiger partial charge is 0.134 e. The summed E-state index contributed by atoms with van der Waals surface area (Å²) < 4.78 is 0. The highest BCUT2D eigenvalue weighted by molar-refractivity contribution is 5.48. The molecule has 0 aliphatic heterocycles. The lowest BCUT2D eigenvalue weighted by Crippen LogP contribution is -2.20. The minimum absolute atomic E-state index is 0.194. The van der Waals surface area contributed by atoms with Crippen LogP contribution in [-0.2, 0) is 0 Å². The van der Waals surface area contributed by atoms with Gasteiger partial charge < -0.3 is 15.3 Å². The van der Waals surface area contributed by atoms with Crippen molar-refractivity contribution >= 4 is 11.6 Å². The van der Waals surface area contributed by atoms with Crippen LogP contribution in [0, 0.1) is 6.92 Å². The molecule has 96 valence electrons. The van der Waals surface area contributed by atoms with Crippen LogP contribution < -0.4 is 10.2 Å². The number of aliphatic hydroxyl groups is 1. The van der Waals surface area contributed by atoms with Gasteiger partial charge in [-0.15, -0.1) is 0 Å². The lowest BCUT2D eigenvalue weighted by Gasteiger charge is -2.18. The molecule has 0 unspecified atom stereocenters. The van der Waals surface area contributed by atoms with Crippen LogP contribution in [0.1, 0.15) is 25.6 Å². The molecule has 0 fully saturated rings. The Hall–Kier alpha value is -1.36. The van der Waals surface area contributed by atoms with Crippen LogP contribution in [0.25, 0.3) is 0 Å². The molecule has 1 rings (SSSR count). The summed E-state index contributed by atoms with van der Waals surface area (Å²) in [6, 6.07) is 1.94. The van der Waals surface area contributed by atoms with Gasteiger partial charge in [-0.25, -0.2) is 9.97 Å². The zero-order valence-corrected chi connectivity index (χ0v) is 10.9. The molecule has 0 radical (unpaired) electrons. The molecule has 0 aromatic carbocycles. The van der Waals surface area contributed by atoms with Gasteiger partial charge in [-0.2, -0.15) is 0 Å². The Kier molecular flexibility index (Phi) is 5.69. The average molecular weight is 238 g/mol. The van der Waals surface area contributed by atoms with Crippen LogP contribution in [0.3, 0.4) is 0 Å². The van der Waals surface area contributed by atoms with E-state index in [1.165, 1.54) is 0 Å². The van der Waals surface area contributed by atoms with Crippen molar-refractivity contribution in [2.75, 3.05) is 37.0 Å². The second kappa shape index (κ2) is 7.06. The standard InChI is InChI=1S/C12H22N4O/c1-4-7-16(3)12-9-11(13-6-5-8-17)14-10(2)15-12/h9,17H,4-8H2,1-3H3,(H,13,14,15). The van der Waals surface area contributed by atoms with Gasteiger partial charge >= 0.3 is 0 Å². The topological polar surface area (TPSA) is 61.3 Å². The van der Waals surface area contributed by atoms with Gasteiger partial charge in [0.2, 0.25) is 0 Å². The molecule has 0 aliphatic carbocycles. The Balaban J connectivity index is 2.71. The number of hydrogen-bond acceptors (Lipinski definition) is 5. The first-order valence-corrected chi connectivity index (χ1v) is 6.09. The lowest BCUT2D eigenvalue weighted by molar-refractivity contribution is 0.292. The van der Waals surface area contributed by atoms with E-state index in [-0.39, 0.29) is 6.61 Å². The van der Waals surface area contributed by atoms with Crippen LogP contribution in [-0.4, -0.2) is 41.8 Å². The molecular weight excluding hydrogens is 216 g/mol. The number of aromatic nitrogens is 2. The second-order valence-electron chi connectivity index (χ2n) is 4.08. The van der Waals surface area contributed by atoms with Crippen molar-refractivity contribution in [2.24, 2.45) is 0 Å². The normalized spacial score (nSPS) is 10.4. The Morgan fingerprint density at radius 2 is 2.18 bits per heavy atom. The Labute approximate surface area is 103 Å². The zero-order chi connectivity index (χ0) is 12.7. The number of rotatable bonds is 7. The van der Waals surface area contributed by atoms with E-state index in [2.05, 4.69) is 27.1 Å². The third-order valence-corrected chi connectivity index (χ3v) is 2.42. The van der Waals surface area contributed by atoms with Crippen LogP contribution in [0.15, 0.2) is 6.07 Å². The quantitative estimate of drug-likeness (QED) is 0.704. The average Bonchev–Trinajstić information content (AvgIpc) is 2.29. The minimum atomic E-state index is 0.194. The predicted octanol–water partition coefficient (Wildman–Crippen LogP) is 1.43. The zero-order valence-electron chi connectivity index (χ0n) is 10.9. The van der Waals surface area contributed by atoms with Crippen molar-refractivity contribution < 1.29 is 5.11 Å². The van der Waals surface area contributed by atoms with Crippen molar-refractivity contribution in [1.82, 2.24) is 9.97 Å². The van der Waals surface area contributed by atoms with Gasteiger partial charge in [0, 0.05) is 32.8 Å². The van der Waals surface area contributed by atoms with Crippen LogP contribution >= 0.6 is 0 Å². The first kappa shape index (κ1) is 13.7. The molecule has 0 saturated carbocycles. The van der Waals surface area contributed by atoms with Crippen molar-refractivity contribution in [1.29, 1.82) is 0 Å². The first-order valence-electron chi connectivity index (χ1n) is 6.09. The number of aryl methyl sites for hydroxylation is 1. The molecule has 1 aromatic rings. The molecule has 5 heteroatoms. The highest BCUT2D eigenvalue weighted by atomic mass is 16.3. The van der Waals surface area contributed by atoms with E-state index in [9.17, 15) is 0 Å². The molecule has 1 heterocycles. The van der Waals surface area contributed by atoms with Gasteiger partial charge in [-0.3, -0.25) is 0 Å². The number of anilines is 2. The number of hydrogen-bond donors (Lipinski definition) is 2. The minimum Gasteiger partial charge on any atom is -0.396 e. The molecule has 1 aromatic heterocycles. The highest BCUT2D eigenvalue weighted by Crippen LogP contribution is 2.14. The predicted molar refractivity (Wildman–Crippen MR) is 70.5 cm³/mol. The van der Waals surface area contributed by atoms with E-state index < -0.39 is 0 Å². The molecule has 0 amide bonds. The largest absolute Gasteiger partial charge is 0.396 e. The summed E-state index contributed by atoms with van der Waals surface area (Å²) in [5.41, 5.74) is 0. The van der Waals surface area contributed by atoms with Gasteiger partial charge in [0.1, 0.15) is 17.5 Å². The van der Waals surface area contributed by atoms with Crippen molar-refractivity contribution in [2.45, 2.75) is 26.7 Å². The van der Waals surface area contributed by atoms with Gasteiger partial charge in [-0.1, -0.05) is 6.92 Å². The first-order chi connectivity index (χ1) is 8.17. The second-order valence-corrected chi connectivity index (χ2v) is 4.08. The van der Waals surface area contributed by atoms with E-state index in [0.717, 1.165) is 43.4 Å². The molecular formula is C12H22N4O. The summed E-state index contributed by atoms with van der Waals surface area (Å²) in [5.74, 6) is 2.52. The lowest BCUT2D eigenvalue weighted by atomic mass is 10.4. The van der Waals surface area contributed by atoms with E-state index in [1.54, 1.807) is 0 Å². The van der Waals surface area contributed by atoms with Gasteiger partial charge in [0.25, 0.3) is 0 Å². The van der Waals surface area contributed by atoms with Gasteiger partial charge in [0.15, 0.2) is 0 Å². The highest BCUT2D eigenvalue weighted by Gasteiger charge is 2.05. The number of nitrogens with one attached hydrogen (secondary N) is 1. The van der Waals surface area contributed by atoms with Crippen molar-refractivity contribution in [3.05, 3.63) is 11.9 Å². The monoisotopic (exact) mass is 238 g/mol. The molecule has 0 spiro atoms. The van der Waals surface area contributed by atoms with E-state index in [0.29, 0.717) is 0 Å². The number of nitrogens with zero attached hydrogens (tertiary/aromatic N) is 3. The summed E-state index contributed by atoms with van der Waals surface area (Å²) in [6.07, 6.45) is 1.82. The number of aliphatic hydroxyl groups excluding tert-OH is 1.